The number of anilines is 1. The summed E-state index contributed by atoms with van der Waals surface area (Å²) in [7, 11) is 0. The van der Waals surface area contributed by atoms with E-state index in [0.717, 1.165) is 37.1 Å². The average molecular weight is 499 g/mol. The molecule has 190 valence electrons. The summed E-state index contributed by atoms with van der Waals surface area (Å²) in [5, 5.41) is 12.5. The van der Waals surface area contributed by atoms with E-state index < -0.39 is 0 Å². The van der Waals surface area contributed by atoms with Gasteiger partial charge in [-0.25, -0.2) is 9.97 Å². The third-order valence-electron chi connectivity index (χ3n) is 6.79. The van der Waals surface area contributed by atoms with Crippen molar-refractivity contribution in [3.63, 3.8) is 0 Å². The molecular formula is C27H30N8O2. The maximum absolute atomic E-state index is 13.1. The van der Waals surface area contributed by atoms with E-state index in [1.54, 1.807) is 37.5 Å². The predicted octanol–water partition coefficient (Wildman–Crippen LogP) is 3.27. The van der Waals surface area contributed by atoms with Crippen LogP contribution in [0.15, 0.2) is 47.7 Å². The summed E-state index contributed by atoms with van der Waals surface area (Å²) in [6.07, 6.45) is 7.81. The van der Waals surface area contributed by atoms with E-state index in [-0.39, 0.29) is 17.2 Å². The average Bonchev–Trinajstić information content (AvgIpc) is 3.41. The number of rotatable bonds is 6. The molecule has 4 aromatic rings. The van der Waals surface area contributed by atoms with E-state index in [4.69, 9.17) is 10.7 Å². The molecule has 10 heteroatoms. The van der Waals surface area contributed by atoms with E-state index in [2.05, 4.69) is 20.5 Å². The van der Waals surface area contributed by atoms with E-state index in [1.807, 2.05) is 30.8 Å². The third kappa shape index (κ3) is 4.79. The van der Waals surface area contributed by atoms with E-state index in [1.165, 1.54) is 4.68 Å². The highest BCUT2D eigenvalue weighted by molar-refractivity contribution is 5.96. The zero-order valence-corrected chi connectivity index (χ0v) is 21.2. The van der Waals surface area contributed by atoms with Crippen molar-refractivity contribution >= 4 is 11.6 Å². The Morgan fingerprint density at radius 2 is 1.89 bits per heavy atom. The standard InChI is InChI=1S/C27H30N8O2/c1-4-24(36)18-6-5-16(2)23(12-18)35-27(37)17(3)11-21(33-35)25-26(28)30-14-22(32-25)19-13-31-34(15-19)20-7-9-29-10-8-20/h5-6,11-15,20,29H,4,7-10H2,1-3H3,(H2,28,30). The number of hydrogen-bond acceptors (Lipinski definition) is 8. The fourth-order valence-electron chi connectivity index (χ4n) is 4.58. The second-order valence-corrected chi connectivity index (χ2v) is 9.39. The van der Waals surface area contributed by atoms with Crippen molar-refractivity contribution < 1.29 is 4.79 Å². The van der Waals surface area contributed by atoms with Gasteiger partial charge >= 0.3 is 0 Å². The minimum atomic E-state index is -0.279. The Kier molecular flexibility index (Phi) is 6.66. The number of nitrogens with two attached hydrogens (primary N) is 1. The molecule has 0 amide bonds. The summed E-state index contributed by atoms with van der Waals surface area (Å²) in [6, 6.07) is 7.31. The molecule has 0 bridgehead atoms. The van der Waals surface area contributed by atoms with Crippen LogP contribution in [0, 0.1) is 13.8 Å². The SMILES string of the molecule is CCC(=O)c1ccc(C)c(-n2nc(-c3nc(-c4cnn(C5CCNCC5)c4)cnc3N)cc(C)c2=O)c1. The number of piperidine rings is 1. The van der Waals surface area contributed by atoms with Crippen LogP contribution in [0.4, 0.5) is 5.82 Å². The van der Waals surface area contributed by atoms with Crippen LogP contribution in [0.3, 0.4) is 0 Å². The zero-order valence-electron chi connectivity index (χ0n) is 21.2. The quantitative estimate of drug-likeness (QED) is 0.387. The largest absolute Gasteiger partial charge is 0.382 e. The Morgan fingerprint density at radius 3 is 2.65 bits per heavy atom. The summed E-state index contributed by atoms with van der Waals surface area (Å²) < 4.78 is 3.30. The molecule has 0 unspecified atom stereocenters. The number of nitrogens with zero attached hydrogens (tertiary/aromatic N) is 6. The maximum atomic E-state index is 13.1. The van der Waals surface area contributed by atoms with Crippen molar-refractivity contribution in [1.82, 2.24) is 34.8 Å². The summed E-state index contributed by atoms with van der Waals surface area (Å²) >= 11 is 0. The number of Topliss-reactive ketones (excluding diaryl/α,β-unsaturated/α-hetero) is 1. The van der Waals surface area contributed by atoms with Gasteiger partial charge in [-0.2, -0.15) is 14.9 Å². The van der Waals surface area contributed by atoms with Gasteiger partial charge in [-0.15, -0.1) is 0 Å². The Hall–Kier alpha value is -4.18. The molecule has 0 saturated carbocycles. The molecule has 1 saturated heterocycles. The Balaban J connectivity index is 1.57. The Labute approximate surface area is 214 Å². The highest BCUT2D eigenvalue weighted by Gasteiger charge is 2.19. The van der Waals surface area contributed by atoms with Gasteiger partial charge in [0.15, 0.2) is 11.6 Å². The van der Waals surface area contributed by atoms with Crippen molar-refractivity contribution in [2.75, 3.05) is 18.8 Å². The minimum absolute atomic E-state index is 0.00461. The normalized spacial score (nSPS) is 14.1. The fourth-order valence-corrected chi connectivity index (χ4v) is 4.58. The molecule has 0 atom stereocenters. The first kappa shape index (κ1) is 24.5. The number of hydrogen-bond donors (Lipinski definition) is 2. The molecule has 0 aliphatic carbocycles. The molecular weight excluding hydrogens is 468 g/mol. The lowest BCUT2D eigenvalue weighted by molar-refractivity contribution is 0.0988. The Morgan fingerprint density at radius 1 is 1.11 bits per heavy atom. The van der Waals surface area contributed by atoms with Gasteiger partial charge in [0.25, 0.3) is 5.56 Å². The van der Waals surface area contributed by atoms with Crippen LogP contribution in [0.5, 0.6) is 0 Å². The zero-order chi connectivity index (χ0) is 26.1. The molecule has 3 N–H and O–H groups in total. The van der Waals surface area contributed by atoms with Crippen LogP contribution in [-0.2, 0) is 0 Å². The van der Waals surface area contributed by atoms with Gasteiger partial charge in [-0.1, -0.05) is 19.1 Å². The lowest BCUT2D eigenvalue weighted by atomic mass is 10.1. The summed E-state index contributed by atoms with van der Waals surface area (Å²) in [5.41, 5.74) is 10.6. The predicted molar refractivity (Wildman–Crippen MR) is 142 cm³/mol. The maximum Gasteiger partial charge on any atom is 0.274 e. The number of ketones is 1. The Bertz CT molecular complexity index is 1530. The van der Waals surface area contributed by atoms with E-state index in [9.17, 15) is 9.59 Å². The van der Waals surface area contributed by atoms with Crippen LogP contribution >= 0.6 is 0 Å². The molecule has 10 nitrogen and oxygen atoms in total. The number of carbonyl (C=O) groups excluding carboxylic acids is 1. The van der Waals surface area contributed by atoms with Gasteiger partial charge in [0.05, 0.1) is 29.8 Å². The molecule has 1 fully saturated rings. The van der Waals surface area contributed by atoms with Crippen molar-refractivity contribution in [3.8, 4) is 28.3 Å². The van der Waals surface area contributed by atoms with Crippen molar-refractivity contribution in [2.24, 2.45) is 0 Å². The second kappa shape index (κ2) is 10.1. The van der Waals surface area contributed by atoms with Gasteiger partial charge < -0.3 is 11.1 Å². The molecule has 5 rings (SSSR count). The third-order valence-corrected chi connectivity index (χ3v) is 6.79. The molecule has 1 aliphatic rings. The molecule has 4 heterocycles. The van der Waals surface area contributed by atoms with Crippen LogP contribution in [0.1, 0.15) is 53.7 Å². The van der Waals surface area contributed by atoms with Gasteiger partial charge in [0, 0.05) is 29.3 Å². The number of aromatic nitrogens is 6. The lowest BCUT2D eigenvalue weighted by Gasteiger charge is -2.22. The number of aryl methyl sites for hydroxylation is 2. The van der Waals surface area contributed by atoms with E-state index in [0.29, 0.717) is 46.4 Å². The first-order valence-corrected chi connectivity index (χ1v) is 12.5. The van der Waals surface area contributed by atoms with Crippen molar-refractivity contribution in [2.45, 2.75) is 46.1 Å². The van der Waals surface area contributed by atoms with Gasteiger partial charge in [-0.05, 0) is 57.5 Å². The highest BCUT2D eigenvalue weighted by atomic mass is 16.1. The molecule has 37 heavy (non-hydrogen) atoms. The minimum Gasteiger partial charge on any atom is -0.382 e. The number of nitrogen functional groups attached to an aromatic ring is 1. The number of nitrogens with one attached hydrogen (secondary N) is 1. The van der Waals surface area contributed by atoms with E-state index >= 15 is 0 Å². The topological polar surface area (TPSA) is 134 Å². The van der Waals surface area contributed by atoms with Gasteiger partial charge in [0.2, 0.25) is 0 Å². The number of benzene rings is 1. The highest BCUT2D eigenvalue weighted by Crippen LogP contribution is 2.27. The fraction of sp³-hybridized carbons (Fsp3) is 0.333. The summed E-state index contributed by atoms with van der Waals surface area (Å²) in [5.74, 6) is 0.202. The molecule has 1 aromatic carbocycles. The second-order valence-electron chi connectivity index (χ2n) is 9.39. The smallest absolute Gasteiger partial charge is 0.274 e. The van der Waals surface area contributed by atoms with Crippen LogP contribution in [-0.4, -0.2) is 48.4 Å². The summed E-state index contributed by atoms with van der Waals surface area (Å²) in [6.45, 7) is 7.35. The first-order valence-electron chi connectivity index (χ1n) is 12.5. The summed E-state index contributed by atoms with van der Waals surface area (Å²) in [4.78, 5) is 34.6. The van der Waals surface area contributed by atoms with Gasteiger partial charge in [0.1, 0.15) is 11.4 Å². The first-order chi connectivity index (χ1) is 17.9. The number of carbonyl (C=O) groups is 1. The monoisotopic (exact) mass is 498 g/mol. The van der Waals surface area contributed by atoms with Crippen LogP contribution in [0.25, 0.3) is 28.3 Å². The van der Waals surface area contributed by atoms with Crippen LogP contribution in [0.2, 0.25) is 0 Å². The van der Waals surface area contributed by atoms with Gasteiger partial charge in [-0.3, -0.25) is 14.3 Å². The van der Waals surface area contributed by atoms with Crippen LogP contribution < -0.4 is 16.6 Å². The lowest BCUT2D eigenvalue weighted by Crippen LogP contribution is -2.29. The molecule has 0 radical (unpaired) electrons. The molecule has 1 aliphatic heterocycles. The molecule has 3 aromatic heterocycles. The van der Waals surface area contributed by atoms with Crippen molar-refractivity contribution in [3.05, 3.63) is 69.9 Å². The molecule has 0 spiro atoms. The van der Waals surface area contributed by atoms with Crippen molar-refractivity contribution in [1.29, 1.82) is 0 Å².